The van der Waals surface area contributed by atoms with Crippen LogP contribution in [0.3, 0.4) is 0 Å². The Labute approximate surface area is 542 Å². The second-order valence-corrected chi connectivity index (χ2v) is 26.2. The Morgan fingerprint density at radius 1 is 0.352 bits per heavy atom. The van der Waals surface area contributed by atoms with E-state index in [1.807, 2.05) is 21.1 Å². The number of quaternary nitrogens is 1. The van der Waals surface area contributed by atoms with Gasteiger partial charge >= 0.3 is 11.9 Å². The predicted octanol–water partition coefficient (Wildman–Crippen LogP) is 23.0. The number of rotatable bonds is 65. The third-order valence-electron chi connectivity index (χ3n) is 15.2. The minimum Gasteiger partial charge on any atom is -0.756 e. The van der Waals surface area contributed by atoms with Crippen LogP contribution in [0.2, 0.25) is 0 Å². The Kier molecular flexibility index (Phi) is 64.6. The first-order valence-corrected chi connectivity index (χ1v) is 37.4. The highest BCUT2D eigenvalue weighted by Crippen LogP contribution is 2.38. The Morgan fingerprint density at radius 2 is 0.614 bits per heavy atom. The number of esters is 2. The van der Waals surface area contributed by atoms with E-state index in [1.165, 1.54) is 154 Å². The lowest BCUT2D eigenvalue weighted by atomic mass is 10.0. The quantitative estimate of drug-likeness (QED) is 0.0195. The van der Waals surface area contributed by atoms with Gasteiger partial charge in [-0.25, -0.2) is 0 Å². The molecule has 0 aromatic heterocycles. The maximum absolute atomic E-state index is 12.9. The number of carbonyl (C=O) groups is 2. The predicted molar refractivity (Wildman–Crippen MR) is 378 cm³/mol. The van der Waals surface area contributed by atoms with Crippen molar-refractivity contribution in [3.05, 3.63) is 134 Å². The van der Waals surface area contributed by atoms with Crippen molar-refractivity contribution in [2.24, 2.45) is 0 Å². The van der Waals surface area contributed by atoms with Gasteiger partial charge in [-0.2, -0.15) is 0 Å². The summed E-state index contributed by atoms with van der Waals surface area (Å²) in [4.78, 5) is 38.1. The molecule has 0 saturated carbocycles. The van der Waals surface area contributed by atoms with Crippen molar-refractivity contribution in [1.29, 1.82) is 0 Å². The Hall–Kier alpha value is -3.85. The molecular formula is C78H134NO8P. The van der Waals surface area contributed by atoms with Crippen molar-refractivity contribution in [3.8, 4) is 0 Å². The standard InChI is InChI=1S/C78H134NO8P/c1-6-8-10-12-14-16-18-20-22-24-26-28-30-32-34-36-38-39-41-42-44-46-48-50-52-54-56-58-60-62-64-66-68-70-77(80)84-74-76(75-86-88(82,83)85-73-72-79(3,4)5)87-78(81)71-69-67-65-63-61-59-57-55-53-51-49-47-45-43-40-37-35-33-31-29-27-25-23-21-19-17-15-13-11-9-7-2/h8-11,14-17,20-23,26-29,32-35,40,43,76H,6-7,12-13,18-19,24-25,30-31,36-39,41-42,44-75H2,1-5H3/b10-8-,11-9-,16-14-,17-15-,22-20-,23-21-,28-26-,29-27-,34-32-,35-33-,43-40-. The van der Waals surface area contributed by atoms with Gasteiger partial charge in [0.15, 0.2) is 6.10 Å². The summed E-state index contributed by atoms with van der Waals surface area (Å²) in [7, 11) is 1.16. The van der Waals surface area contributed by atoms with Gasteiger partial charge in [0, 0.05) is 12.8 Å². The van der Waals surface area contributed by atoms with Crippen LogP contribution in [0.15, 0.2) is 134 Å². The van der Waals surface area contributed by atoms with E-state index in [9.17, 15) is 19.0 Å². The molecule has 2 atom stereocenters. The molecule has 0 fully saturated rings. The van der Waals surface area contributed by atoms with Crippen LogP contribution in [-0.2, 0) is 32.7 Å². The third kappa shape index (κ3) is 71.2. The molecule has 0 heterocycles. The Bertz CT molecular complexity index is 1950. The van der Waals surface area contributed by atoms with Crippen molar-refractivity contribution in [2.45, 2.75) is 302 Å². The Morgan fingerprint density at radius 3 is 0.909 bits per heavy atom. The van der Waals surface area contributed by atoms with Gasteiger partial charge in [0.2, 0.25) is 0 Å². The fourth-order valence-corrected chi connectivity index (χ4v) is 10.5. The number of phosphoric ester groups is 1. The minimum atomic E-state index is -4.65. The first-order valence-electron chi connectivity index (χ1n) is 35.9. The number of carbonyl (C=O) groups excluding carboxylic acids is 2. The normalized spacial score (nSPS) is 13.9. The SMILES string of the molecule is CC/C=C\C/C=C\C/C=C\C/C=C\C/C=C\C/C=C\CCCCCCCCCCCCCCC(=O)OC(COC(=O)CCCCCCCCCCCCCCCCCCC/C=C\C/C=C\C/C=C\C/C=C\C/C=C\CC)COP(=O)([O-])OCC[N+](C)(C)C. The zero-order chi connectivity index (χ0) is 64.1. The van der Waals surface area contributed by atoms with Crippen LogP contribution in [0.4, 0.5) is 0 Å². The van der Waals surface area contributed by atoms with E-state index >= 15 is 0 Å². The van der Waals surface area contributed by atoms with Crippen LogP contribution >= 0.6 is 7.82 Å². The summed E-state index contributed by atoms with van der Waals surface area (Å²) < 4.78 is 34.3. The lowest BCUT2D eigenvalue weighted by molar-refractivity contribution is -0.870. The van der Waals surface area contributed by atoms with Gasteiger partial charge in [-0.15, -0.1) is 0 Å². The zero-order valence-corrected chi connectivity index (χ0v) is 58.3. The van der Waals surface area contributed by atoms with Crippen LogP contribution in [0, 0.1) is 0 Å². The van der Waals surface area contributed by atoms with Crippen LogP contribution in [-0.4, -0.2) is 70.0 Å². The van der Waals surface area contributed by atoms with E-state index in [2.05, 4.69) is 148 Å². The van der Waals surface area contributed by atoms with E-state index in [0.717, 1.165) is 109 Å². The molecule has 2 unspecified atom stereocenters. The highest BCUT2D eigenvalue weighted by molar-refractivity contribution is 7.45. The van der Waals surface area contributed by atoms with Crippen LogP contribution in [0.1, 0.15) is 296 Å². The highest BCUT2D eigenvalue weighted by atomic mass is 31.2. The number of likely N-dealkylation sites (N-methyl/N-ethyl adjacent to an activating group) is 1. The summed E-state index contributed by atoms with van der Waals surface area (Å²) in [5.41, 5.74) is 0. The van der Waals surface area contributed by atoms with Gasteiger partial charge in [0.25, 0.3) is 7.82 Å². The second kappa shape index (κ2) is 67.5. The average molecular weight is 1240 g/mol. The number of nitrogens with zero attached hydrogens (tertiary/aromatic N) is 1. The molecule has 504 valence electrons. The number of unbranched alkanes of at least 4 members (excludes halogenated alkanes) is 29. The maximum Gasteiger partial charge on any atom is 0.306 e. The fourth-order valence-electron chi connectivity index (χ4n) is 9.75. The van der Waals surface area contributed by atoms with Gasteiger partial charge in [-0.05, 0) is 109 Å². The lowest BCUT2D eigenvalue weighted by Gasteiger charge is -2.28. The smallest absolute Gasteiger partial charge is 0.306 e. The van der Waals surface area contributed by atoms with Crippen LogP contribution < -0.4 is 4.89 Å². The molecule has 0 aliphatic heterocycles. The molecule has 0 aliphatic rings. The average Bonchev–Trinajstić information content (AvgIpc) is 3.68. The summed E-state index contributed by atoms with van der Waals surface area (Å²) in [6, 6.07) is 0. The zero-order valence-electron chi connectivity index (χ0n) is 57.4. The third-order valence-corrected chi connectivity index (χ3v) is 16.1. The minimum absolute atomic E-state index is 0.0356. The molecule has 0 aromatic carbocycles. The Balaban J connectivity index is 4.05. The van der Waals surface area contributed by atoms with Gasteiger partial charge in [-0.1, -0.05) is 308 Å². The summed E-state index contributed by atoms with van der Waals surface area (Å²) in [6.45, 7) is 4.03. The second-order valence-electron chi connectivity index (χ2n) is 24.8. The first kappa shape index (κ1) is 84.2. The van der Waals surface area contributed by atoms with E-state index in [-0.39, 0.29) is 32.0 Å². The number of allylic oxidation sites excluding steroid dienone is 22. The van der Waals surface area contributed by atoms with Crippen molar-refractivity contribution in [1.82, 2.24) is 0 Å². The summed E-state index contributed by atoms with van der Waals surface area (Å²) in [6.07, 6.45) is 98.2. The topological polar surface area (TPSA) is 111 Å². The van der Waals surface area contributed by atoms with Crippen LogP contribution in [0.25, 0.3) is 0 Å². The van der Waals surface area contributed by atoms with Gasteiger partial charge in [-0.3, -0.25) is 14.2 Å². The summed E-state index contributed by atoms with van der Waals surface area (Å²) in [5.74, 6) is -0.832. The molecule has 9 nitrogen and oxygen atoms in total. The van der Waals surface area contributed by atoms with E-state index in [4.69, 9.17) is 18.5 Å². The largest absolute Gasteiger partial charge is 0.756 e. The number of hydrogen-bond donors (Lipinski definition) is 0. The van der Waals surface area contributed by atoms with E-state index in [1.54, 1.807) is 0 Å². The molecule has 0 amide bonds. The van der Waals surface area contributed by atoms with E-state index < -0.39 is 26.5 Å². The molecule has 0 aromatic rings. The van der Waals surface area contributed by atoms with Gasteiger partial charge in [0.1, 0.15) is 19.8 Å². The van der Waals surface area contributed by atoms with Crippen molar-refractivity contribution in [2.75, 3.05) is 47.5 Å². The summed E-state index contributed by atoms with van der Waals surface area (Å²) in [5, 5.41) is 0. The summed E-state index contributed by atoms with van der Waals surface area (Å²) >= 11 is 0. The van der Waals surface area contributed by atoms with Gasteiger partial charge in [0.05, 0.1) is 27.7 Å². The molecule has 10 heteroatoms. The highest BCUT2D eigenvalue weighted by Gasteiger charge is 2.22. The number of phosphoric acid groups is 1. The molecule has 88 heavy (non-hydrogen) atoms. The molecular weight excluding hydrogens is 1110 g/mol. The monoisotopic (exact) mass is 1240 g/mol. The first-order chi connectivity index (χ1) is 43.0. The van der Waals surface area contributed by atoms with Gasteiger partial charge < -0.3 is 27.9 Å². The number of hydrogen-bond acceptors (Lipinski definition) is 8. The molecule has 0 saturated heterocycles. The van der Waals surface area contributed by atoms with Crippen molar-refractivity contribution in [3.63, 3.8) is 0 Å². The van der Waals surface area contributed by atoms with Crippen molar-refractivity contribution < 1.29 is 42.1 Å². The lowest BCUT2D eigenvalue weighted by Crippen LogP contribution is -2.37. The fraction of sp³-hybridized carbons (Fsp3) is 0.692. The van der Waals surface area contributed by atoms with Crippen LogP contribution in [0.5, 0.6) is 0 Å². The van der Waals surface area contributed by atoms with E-state index in [0.29, 0.717) is 17.4 Å². The molecule has 0 radical (unpaired) electrons. The molecule has 0 aliphatic carbocycles. The molecule has 0 rings (SSSR count). The number of ether oxygens (including phenoxy) is 2. The molecule has 0 spiro atoms. The molecule has 0 N–H and O–H groups in total. The molecule has 0 bridgehead atoms. The van der Waals surface area contributed by atoms with Crippen molar-refractivity contribution >= 4 is 19.8 Å². The maximum atomic E-state index is 12.9.